The third-order valence-electron chi connectivity index (χ3n) is 4.58. The molecule has 148 valence electrons. The van der Waals surface area contributed by atoms with Gasteiger partial charge in [0.1, 0.15) is 6.54 Å². The molecule has 1 fully saturated rings. The summed E-state index contributed by atoms with van der Waals surface area (Å²) in [4.78, 5) is 4.50. The smallest absolute Gasteiger partial charge is 0.214 e. The van der Waals surface area contributed by atoms with Gasteiger partial charge in [0.05, 0.1) is 11.4 Å². The maximum atomic E-state index is 11.8. The van der Waals surface area contributed by atoms with Crippen molar-refractivity contribution in [2.75, 3.05) is 31.9 Å². The molecule has 0 radical (unpaired) electrons. The van der Waals surface area contributed by atoms with E-state index >= 15 is 0 Å². The highest BCUT2D eigenvalue weighted by Gasteiger charge is 2.27. The van der Waals surface area contributed by atoms with Gasteiger partial charge in [-0.1, -0.05) is 19.0 Å². The molecule has 1 aromatic heterocycles. The van der Waals surface area contributed by atoms with E-state index < -0.39 is 10.0 Å². The Hall–Kier alpha value is -1.61. The lowest BCUT2D eigenvalue weighted by Crippen LogP contribution is -2.42. The number of nitrogens with zero attached hydrogens (tertiary/aromatic N) is 3. The number of aromatic nitrogens is 1. The van der Waals surface area contributed by atoms with Gasteiger partial charge in [-0.2, -0.15) is 0 Å². The fourth-order valence-corrected chi connectivity index (χ4v) is 4.57. The van der Waals surface area contributed by atoms with Crippen LogP contribution in [0.2, 0.25) is 0 Å². The van der Waals surface area contributed by atoms with E-state index in [9.17, 15) is 8.42 Å². The molecule has 26 heavy (non-hydrogen) atoms. The zero-order chi connectivity index (χ0) is 19.0. The van der Waals surface area contributed by atoms with E-state index in [4.69, 9.17) is 4.52 Å². The van der Waals surface area contributed by atoms with Gasteiger partial charge in [-0.05, 0) is 26.2 Å². The second-order valence-corrected chi connectivity index (χ2v) is 8.51. The molecule has 0 unspecified atom stereocenters. The van der Waals surface area contributed by atoms with Gasteiger partial charge < -0.3 is 15.2 Å². The van der Waals surface area contributed by atoms with Gasteiger partial charge >= 0.3 is 0 Å². The summed E-state index contributed by atoms with van der Waals surface area (Å²) in [5.74, 6) is 2.05. The van der Waals surface area contributed by atoms with Crippen LogP contribution in [-0.4, -0.2) is 55.8 Å². The van der Waals surface area contributed by atoms with Crippen molar-refractivity contribution < 1.29 is 12.9 Å². The number of nitrogens with one attached hydrogen (secondary N) is 2. The lowest BCUT2D eigenvalue weighted by molar-refractivity contribution is 0.372. The first kappa shape index (κ1) is 20.7. The molecule has 0 saturated carbocycles. The minimum absolute atomic E-state index is 0.255. The predicted octanol–water partition coefficient (Wildman–Crippen LogP) is 1.67. The number of hydrogen-bond donors (Lipinski definition) is 2. The molecule has 0 aromatic carbocycles. The van der Waals surface area contributed by atoms with Crippen LogP contribution in [0.15, 0.2) is 15.6 Å². The first-order valence-corrected chi connectivity index (χ1v) is 11.1. The maximum Gasteiger partial charge on any atom is 0.214 e. The largest absolute Gasteiger partial charge is 0.359 e. The van der Waals surface area contributed by atoms with E-state index in [2.05, 4.69) is 34.6 Å². The van der Waals surface area contributed by atoms with Crippen molar-refractivity contribution >= 4 is 16.0 Å². The Balaban J connectivity index is 1.88. The monoisotopic (exact) mass is 385 g/mol. The van der Waals surface area contributed by atoms with Crippen molar-refractivity contribution in [2.45, 2.75) is 52.5 Å². The summed E-state index contributed by atoms with van der Waals surface area (Å²) in [6.45, 7) is 8.97. The Morgan fingerprint density at radius 1 is 1.35 bits per heavy atom. The zero-order valence-corrected chi connectivity index (χ0v) is 16.8. The van der Waals surface area contributed by atoms with Gasteiger partial charge in [0.25, 0.3) is 0 Å². The fraction of sp³-hybridized carbons (Fsp3) is 0.765. The fourth-order valence-electron chi connectivity index (χ4n) is 3.04. The molecular weight excluding hydrogens is 354 g/mol. The van der Waals surface area contributed by atoms with Gasteiger partial charge in [0, 0.05) is 38.2 Å². The lowest BCUT2D eigenvalue weighted by atomic mass is 9.99. The third kappa shape index (κ3) is 5.70. The van der Waals surface area contributed by atoms with Crippen molar-refractivity contribution in [3.05, 3.63) is 17.5 Å². The summed E-state index contributed by atoms with van der Waals surface area (Å²) < 4.78 is 30.5. The predicted molar refractivity (Wildman–Crippen MR) is 103 cm³/mol. The summed E-state index contributed by atoms with van der Waals surface area (Å²) in [7, 11) is -3.05. The zero-order valence-electron chi connectivity index (χ0n) is 16.0. The Bertz CT molecular complexity index is 682. The maximum absolute atomic E-state index is 11.8. The minimum Gasteiger partial charge on any atom is -0.359 e. The second-order valence-electron chi connectivity index (χ2n) is 6.42. The number of rotatable bonds is 9. The highest BCUT2D eigenvalue weighted by molar-refractivity contribution is 7.89. The second kappa shape index (κ2) is 9.91. The van der Waals surface area contributed by atoms with E-state index in [1.165, 1.54) is 4.31 Å². The molecule has 1 aliphatic rings. The summed E-state index contributed by atoms with van der Waals surface area (Å²) in [5, 5.41) is 10.5. The normalized spacial score (nSPS) is 17.8. The van der Waals surface area contributed by atoms with Crippen LogP contribution in [0.25, 0.3) is 0 Å². The topological polar surface area (TPSA) is 99.8 Å². The van der Waals surface area contributed by atoms with Gasteiger partial charge in [-0.15, -0.1) is 0 Å². The van der Waals surface area contributed by atoms with Gasteiger partial charge in [-0.3, -0.25) is 0 Å². The molecule has 8 nitrogen and oxygen atoms in total. The van der Waals surface area contributed by atoms with E-state index in [1.807, 2.05) is 13.0 Å². The quantitative estimate of drug-likeness (QED) is 0.495. The lowest BCUT2D eigenvalue weighted by Gasteiger charge is -2.16. The van der Waals surface area contributed by atoms with Gasteiger partial charge in [-0.25, -0.2) is 17.7 Å². The van der Waals surface area contributed by atoms with Crippen molar-refractivity contribution in [3.8, 4) is 0 Å². The molecule has 2 N–H and O–H groups in total. The number of guanidine groups is 1. The molecule has 2 heterocycles. The molecule has 0 bridgehead atoms. The van der Waals surface area contributed by atoms with Crippen LogP contribution in [0.1, 0.15) is 57.4 Å². The number of sulfonamides is 1. The van der Waals surface area contributed by atoms with Crippen molar-refractivity contribution in [2.24, 2.45) is 4.99 Å². The molecule has 0 atom stereocenters. The molecule has 0 aliphatic carbocycles. The highest BCUT2D eigenvalue weighted by atomic mass is 32.2. The molecular formula is C17H31N5O3S. The van der Waals surface area contributed by atoms with E-state index in [1.54, 1.807) is 0 Å². The molecule has 0 amide bonds. The molecule has 1 aromatic rings. The van der Waals surface area contributed by atoms with Gasteiger partial charge in [0.15, 0.2) is 11.7 Å². The highest BCUT2D eigenvalue weighted by Crippen LogP contribution is 2.22. The first-order chi connectivity index (χ1) is 12.5. The van der Waals surface area contributed by atoms with Crippen LogP contribution in [0.4, 0.5) is 0 Å². The van der Waals surface area contributed by atoms with Gasteiger partial charge in [0.2, 0.25) is 10.0 Å². The van der Waals surface area contributed by atoms with Crippen molar-refractivity contribution in [3.63, 3.8) is 0 Å². The molecule has 0 spiro atoms. The first-order valence-electron chi connectivity index (χ1n) is 9.45. The van der Waals surface area contributed by atoms with Crippen molar-refractivity contribution in [1.29, 1.82) is 0 Å². The standard InChI is InChI=1S/C17H31N5O3S/c1-4-14(5-2)16-12-15(25-21-16)13-20-17(18-6-3)19-8-10-22-9-7-11-26(22,23)24/h12,14H,4-11,13H2,1-3H3,(H2,18,19,20). The summed E-state index contributed by atoms with van der Waals surface area (Å²) in [5.41, 5.74) is 0.984. The molecule has 2 rings (SSSR count). The van der Waals surface area contributed by atoms with Crippen molar-refractivity contribution in [1.82, 2.24) is 20.1 Å². The van der Waals surface area contributed by atoms with Crippen LogP contribution in [0, 0.1) is 0 Å². The van der Waals surface area contributed by atoms with Crippen LogP contribution in [0.3, 0.4) is 0 Å². The Labute approximate surface area is 156 Å². The van der Waals surface area contributed by atoms with Crippen LogP contribution < -0.4 is 10.6 Å². The Morgan fingerprint density at radius 2 is 2.12 bits per heavy atom. The summed E-state index contributed by atoms with van der Waals surface area (Å²) in [6, 6.07) is 1.97. The van der Waals surface area contributed by atoms with Crippen LogP contribution >= 0.6 is 0 Å². The number of hydrogen-bond acceptors (Lipinski definition) is 5. The summed E-state index contributed by atoms with van der Waals surface area (Å²) >= 11 is 0. The Morgan fingerprint density at radius 3 is 2.73 bits per heavy atom. The van der Waals surface area contributed by atoms with E-state index in [0.717, 1.165) is 30.8 Å². The van der Waals surface area contributed by atoms with Crippen LogP contribution in [0.5, 0.6) is 0 Å². The minimum atomic E-state index is -3.05. The van der Waals surface area contributed by atoms with E-state index in [-0.39, 0.29) is 5.75 Å². The number of aliphatic imine (C=N–C) groups is 1. The molecule has 1 saturated heterocycles. The van der Waals surface area contributed by atoms with E-state index in [0.29, 0.717) is 44.5 Å². The van der Waals surface area contributed by atoms with Crippen LogP contribution in [-0.2, 0) is 16.6 Å². The average Bonchev–Trinajstić information content (AvgIpc) is 3.20. The SMILES string of the molecule is CCNC(=NCc1cc(C(CC)CC)no1)NCCN1CCCS1(=O)=O. The Kier molecular flexibility index (Phi) is 7.89. The average molecular weight is 386 g/mol. The summed E-state index contributed by atoms with van der Waals surface area (Å²) in [6.07, 6.45) is 2.78. The molecule has 1 aliphatic heterocycles. The third-order valence-corrected chi connectivity index (χ3v) is 6.53. The molecule has 9 heteroatoms.